The molecular weight excluding hydrogens is 416 g/mol. The van der Waals surface area contributed by atoms with E-state index < -0.39 is 10.0 Å². The van der Waals surface area contributed by atoms with Gasteiger partial charge in [-0.25, -0.2) is 8.42 Å². The first-order valence-corrected chi connectivity index (χ1v) is 10.7. The fourth-order valence-electron chi connectivity index (χ4n) is 3.20. The highest BCUT2D eigenvalue weighted by molar-refractivity contribution is 9.10. The molecule has 7 heteroatoms. The first kappa shape index (κ1) is 19.2. The Balaban J connectivity index is 1.76. The van der Waals surface area contributed by atoms with E-state index in [2.05, 4.69) is 52.9 Å². The Morgan fingerprint density at radius 1 is 1.04 bits per heavy atom. The van der Waals surface area contributed by atoms with Crippen molar-refractivity contribution in [3.8, 4) is 5.75 Å². The number of halogens is 1. The van der Waals surface area contributed by atoms with Crippen LogP contribution in [0, 0.1) is 13.8 Å². The molecule has 1 saturated heterocycles. The van der Waals surface area contributed by atoms with Crippen molar-refractivity contribution < 1.29 is 13.2 Å². The molecule has 1 heterocycles. The molecule has 1 aliphatic heterocycles. The van der Waals surface area contributed by atoms with E-state index in [1.165, 1.54) is 16.8 Å². The van der Waals surface area contributed by atoms with Crippen LogP contribution in [0.5, 0.6) is 5.75 Å². The zero-order chi connectivity index (χ0) is 18.9. The van der Waals surface area contributed by atoms with Gasteiger partial charge in [-0.05, 0) is 65.2 Å². The van der Waals surface area contributed by atoms with Crippen LogP contribution in [-0.2, 0) is 10.0 Å². The van der Waals surface area contributed by atoms with E-state index in [1.54, 1.807) is 29.6 Å². The van der Waals surface area contributed by atoms with E-state index in [0.29, 0.717) is 36.4 Å². The quantitative estimate of drug-likeness (QED) is 0.731. The molecule has 140 valence electrons. The molecule has 1 aliphatic rings. The molecule has 0 radical (unpaired) electrons. The number of piperazine rings is 1. The summed E-state index contributed by atoms with van der Waals surface area (Å²) in [6.07, 6.45) is 0. The number of methoxy groups -OCH3 is 1. The average molecular weight is 439 g/mol. The van der Waals surface area contributed by atoms with Crippen LogP contribution in [0.25, 0.3) is 0 Å². The minimum absolute atomic E-state index is 0.283. The molecule has 3 rings (SSSR count). The molecule has 0 N–H and O–H groups in total. The summed E-state index contributed by atoms with van der Waals surface area (Å²) in [7, 11) is -1.96. The van der Waals surface area contributed by atoms with E-state index in [1.807, 2.05) is 0 Å². The zero-order valence-corrected chi connectivity index (χ0v) is 17.6. The Labute approximate surface area is 163 Å². The predicted molar refractivity (Wildman–Crippen MR) is 108 cm³/mol. The van der Waals surface area contributed by atoms with Gasteiger partial charge in [0.2, 0.25) is 10.0 Å². The Bertz CT molecular complexity index is 907. The first-order valence-electron chi connectivity index (χ1n) is 8.49. The highest BCUT2D eigenvalue weighted by Gasteiger charge is 2.29. The minimum atomic E-state index is -3.51. The van der Waals surface area contributed by atoms with Crippen LogP contribution < -0.4 is 9.64 Å². The molecule has 0 aliphatic carbocycles. The van der Waals surface area contributed by atoms with Crippen molar-refractivity contribution in [2.24, 2.45) is 0 Å². The van der Waals surface area contributed by atoms with E-state index in [-0.39, 0.29) is 4.90 Å². The van der Waals surface area contributed by atoms with Gasteiger partial charge in [0.1, 0.15) is 5.75 Å². The Hall–Kier alpha value is -1.57. The second kappa shape index (κ2) is 7.58. The van der Waals surface area contributed by atoms with Crippen molar-refractivity contribution in [3.63, 3.8) is 0 Å². The first-order chi connectivity index (χ1) is 12.3. The number of ether oxygens (including phenoxy) is 1. The predicted octanol–water partition coefficient (Wildman–Crippen LogP) is 3.59. The van der Waals surface area contributed by atoms with Crippen molar-refractivity contribution in [1.82, 2.24) is 4.31 Å². The lowest BCUT2D eigenvalue weighted by Gasteiger charge is -2.36. The second-order valence-corrected chi connectivity index (χ2v) is 9.20. The van der Waals surface area contributed by atoms with Crippen LogP contribution in [0.4, 0.5) is 5.69 Å². The van der Waals surface area contributed by atoms with Gasteiger partial charge in [0, 0.05) is 31.9 Å². The third kappa shape index (κ3) is 3.61. The molecule has 0 saturated carbocycles. The van der Waals surface area contributed by atoms with Crippen molar-refractivity contribution in [2.75, 3.05) is 38.2 Å². The molecule has 2 aromatic carbocycles. The summed E-state index contributed by atoms with van der Waals surface area (Å²) in [6, 6.07) is 11.1. The van der Waals surface area contributed by atoms with Crippen LogP contribution in [0.15, 0.2) is 45.8 Å². The maximum Gasteiger partial charge on any atom is 0.243 e. The number of rotatable bonds is 4. The number of benzene rings is 2. The fourth-order valence-corrected chi connectivity index (χ4v) is 5.35. The Morgan fingerprint density at radius 3 is 2.35 bits per heavy atom. The van der Waals surface area contributed by atoms with Crippen LogP contribution in [0.3, 0.4) is 0 Å². The molecule has 0 spiro atoms. The lowest BCUT2D eigenvalue weighted by molar-refractivity contribution is 0.384. The molecule has 5 nitrogen and oxygen atoms in total. The molecule has 0 unspecified atom stereocenters. The van der Waals surface area contributed by atoms with Crippen molar-refractivity contribution in [3.05, 3.63) is 52.0 Å². The molecule has 0 atom stereocenters. The van der Waals surface area contributed by atoms with Gasteiger partial charge in [-0.1, -0.05) is 12.1 Å². The summed E-state index contributed by atoms with van der Waals surface area (Å²) >= 11 is 3.36. The van der Waals surface area contributed by atoms with Crippen LogP contribution in [0.1, 0.15) is 11.1 Å². The normalized spacial score (nSPS) is 15.9. The number of aryl methyl sites for hydroxylation is 1. The van der Waals surface area contributed by atoms with Gasteiger partial charge < -0.3 is 9.64 Å². The van der Waals surface area contributed by atoms with Crippen LogP contribution in [-0.4, -0.2) is 46.0 Å². The largest absolute Gasteiger partial charge is 0.496 e. The molecule has 0 amide bonds. The van der Waals surface area contributed by atoms with Gasteiger partial charge in [0.05, 0.1) is 16.5 Å². The smallest absolute Gasteiger partial charge is 0.243 e. The van der Waals surface area contributed by atoms with E-state index in [0.717, 1.165) is 0 Å². The van der Waals surface area contributed by atoms with Gasteiger partial charge in [0.15, 0.2) is 0 Å². The Kier molecular flexibility index (Phi) is 5.60. The van der Waals surface area contributed by atoms with Crippen LogP contribution >= 0.6 is 15.9 Å². The lowest BCUT2D eigenvalue weighted by atomic mass is 10.1. The third-order valence-corrected chi connectivity index (χ3v) is 7.43. The molecule has 0 bridgehead atoms. The number of sulfonamides is 1. The van der Waals surface area contributed by atoms with Crippen LogP contribution in [0.2, 0.25) is 0 Å². The highest BCUT2D eigenvalue weighted by Crippen LogP contribution is 2.30. The van der Waals surface area contributed by atoms with Gasteiger partial charge in [-0.2, -0.15) is 4.31 Å². The highest BCUT2D eigenvalue weighted by atomic mass is 79.9. The molecule has 1 fully saturated rings. The summed E-state index contributed by atoms with van der Waals surface area (Å²) in [6.45, 7) is 6.52. The molecule has 2 aromatic rings. The topological polar surface area (TPSA) is 49.9 Å². The summed E-state index contributed by atoms with van der Waals surface area (Å²) in [5.74, 6) is 0.615. The van der Waals surface area contributed by atoms with Gasteiger partial charge in [0.25, 0.3) is 0 Å². The van der Waals surface area contributed by atoms with E-state index in [4.69, 9.17) is 4.74 Å². The molecule has 0 aromatic heterocycles. The van der Waals surface area contributed by atoms with Crippen molar-refractivity contribution in [2.45, 2.75) is 18.7 Å². The standard InChI is InChI=1S/C19H23BrN2O3S/c1-14-5-4-6-18(15(14)2)21-9-11-22(12-10-21)26(23,24)16-7-8-19(25-3)17(20)13-16/h4-8,13H,9-12H2,1-3H3. The van der Waals surface area contributed by atoms with E-state index in [9.17, 15) is 8.42 Å². The van der Waals surface area contributed by atoms with Gasteiger partial charge in [-0.15, -0.1) is 0 Å². The second-order valence-electron chi connectivity index (χ2n) is 6.41. The molecular formula is C19H23BrN2O3S. The van der Waals surface area contributed by atoms with E-state index >= 15 is 0 Å². The number of hydrogen-bond acceptors (Lipinski definition) is 4. The van der Waals surface area contributed by atoms with Gasteiger partial charge in [-0.3, -0.25) is 0 Å². The summed E-state index contributed by atoms with van der Waals surface area (Å²) in [4.78, 5) is 2.54. The molecule has 26 heavy (non-hydrogen) atoms. The number of nitrogens with zero attached hydrogens (tertiary/aromatic N) is 2. The lowest BCUT2D eigenvalue weighted by Crippen LogP contribution is -2.48. The van der Waals surface area contributed by atoms with Crippen molar-refractivity contribution in [1.29, 1.82) is 0 Å². The number of anilines is 1. The number of hydrogen-bond donors (Lipinski definition) is 0. The summed E-state index contributed by atoms with van der Waals surface area (Å²) < 4.78 is 33.3. The Morgan fingerprint density at radius 2 is 1.73 bits per heavy atom. The maximum absolute atomic E-state index is 12.9. The third-order valence-electron chi connectivity index (χ3n) is 4.92. The van der Waals surface area contributed by atoms with Gasteiger partial charge >= 0.3 is 0 Å². The maximum atomic E-state index is 12.9. The fraction of sp³-hybridized carbons (Fsp3) is 0.368. The summed E-state index contributed by atoms with van der Waals surface area (Å²) in [5, 5.41) is 0. The minimum Gasteiger partial charge on any atom is -0.496 e. The monoisotopic (exact) mass is 438 g/mol. The zero-order valence-electron chi connectivity index (χ0n) is 15.2. The van der Waals surface area contributed by atoms with Crippen molar-refractivity contribution >= 4 is 31.6 Å². The summed E-state index contributed by atoms with van der Waals surface area (Å²) in [5.41, 5.74) is 3.69. The SMILES string of the molecule is COc1ccc(S(=O)(=O)N2CCN(c3cccc(C)c3C)CC2)cc1Br. The average Bonchev–Trinajstić information content (AvgIpc) is 2.64.